The summed E-state index contributed by atoms with van der Waals surface area (Å²) in [6, 6.07) is 7.26. The maximum Gasteiger partial charge on any atom is 0.119 e. The third kappa shape index (κ3) is 3.90. The lowest BCUT2D eigenvalue weighted by atomic mass is 10.1. The van der Waals surface area contributed by atoms with E-state index in [2.05, 4.69) is 6.92 Å². The number of unbranched alkanes of at least 4 members (excludes halogenated alkanes) is 1. The van der Waals surface area contributed by atoms with Gasteiger partial charge >= 0.3 is 0 Å². The summed E-state index contributed by atoms with van der Waals surface area (Å²) < 4.78 is 5.51. The fraction of sp³-hybridized carbons (Fsp3) is 0.500. The molecule has 1 atom stereocenters. The number of aliphatic hydroxyl groups is 1. The number of ether oxygens (including phenoxy) is 1. The van der Waals surface area contributed by atoms with Gasteiger partial charge in [0.05, 0.1) is 19.3 Å². The molecule has 0 heterocycles. The number of rotatable bonds is 6. The monoisotopic (exact) mass is 209 g/mol. The van der Waals surface area contributed by atoms with Gasteiger partial charge in [-0.15, -0.1) is 0 Å². The lowest BCUT2D eigenvalue weighted by molar-refractivity contribution is 0.267. The predicted molar refractivity (Wildman–Crippen MR) is 60.9 cm³/mol. The van der Waals surface area contributed by atoms with Crippen molar-refractivity contribution in [2.24, 2.45) is 5.73 Å². The molecule has 0 fully saturated rings. The zero-order chi connectivity index (χ0) is 11.1. The highest BCUT2D eigenvalue weighted by Crippen LogP contribution is 2.16. The summed E-state index contributed by atoms with van der Waals surface area (Å²) in [5.74, 6) is 0.859. The summed E-state index contributed by atoms with van der Waals surface area (Å²) in [7, 11) is 0. The zero-order valence-electron chi connectivity index (χ0n) is 9.15. The van der Waals surface area contributed by atoms with Gasteiger partial charge in [0, 0.05) is 0 Å². The molecule has 0 saturated carbocycles. The Balaban J connectivity index is 2.49. The van der Waals surface area contributed by atoms with Crippen LogP contribution < -0.4 is 10.5 Å². The Morgan fingerprint density at radius 1 is 1.33 bits per heavy atom. The number of benzene rings is 1. The first kappa shape index (κ1) is 12.0. The SMILES string of the molecule is CCCCOc1ccc([C@H](N)CO)cc1. The molecule has 0 aliphatic rings. The number of hydrogen-bond donors (Lipinski definition) is 2. The molecule has 1 rings (SSSR count). The summed E-state index contributed by atoms with van der Waals surface area (Å²) in [4.78, 5) is 0. The van der Waals surface area contributed by atoms with E-state index in [1.54, 1.807) is 0 Å². The van der Waals surface area contributed by atoms with Crippen molar-refractivity contribution in [1.29, 1.82) is 0 Å². The van der Waals surface area contributed by atoms with E-state index in [0.717, 1.165) is 30.8 Å². The molecule has 0 aliphatic heterocycles. The molecule has 1 aromatic rings. The van der Waals surface area contributed by atoms with Crippen LogP contribution in [0.1, 0.15) is 31.4 Å². The standard InChI is InChI=1S/C12H19NO2/c1-2-3-8-15-11-6-4-10(5-7-11)12(13)9-14/h4-7,12,14H,2-3,8-9,13H2,1H3/t12-/m1/s1. The van der Waals surface area contributed by atoms with Crippen molar-refractivity contribution in [2.45, 2.75) is 25.8 Å². The summed E-state index contributed by atoms with van der Waals surface area (Å²) in [5.41, 5.74) is 6.61. The first-order valence-corrected chi connectivity index (χ1v) is 5.37. The molecule has 15 heavy (non-hydrogen) atoms. The second-order valence-corrected chi connectivity index (χ2v) is 3.56. The Hall–Kier alpha value is -1.06. The van der Waals surface area contributed by atoms with Crippen LogP contribution in [0.2, 0.25) is 0 Å². The highest BCUT2D eigenvalue weighted by atomic mass is 16.5. The fourth-order valence-electron chi connectivity index (χ4n) is 1.25. The van der Waals surface area contributed by atoms with Crippen molar-refractivity contribution >= 4 is 0 Å². The third-order valence-electron chi connectivity index (χ3n) is 2.27. The minimum absolute atomic E-state index is 0.0317. The maximum absolute atomic E-state index is 8.87. The lowest BCUT2D eigenvalue weighted by Crippen LogP contribution is -2.14. The molecule has 0 bridgehead atoms. The zero-order valence-corrected chi connectivity index (χ0v) is 9.15. The summed E-state index contributed by atoms with van der Waals surface area (Å²) >= 11 is 0. The first-order chi connectivity index (χ1) is 7.27. The Labute approximate surface area is 90.9 Å². The molecule has 0 saturated heterocycles. The van der Waals surface area contributed by atoms with E-state index in [4.69, 9.17) is 15.6 Å². The molecule has 84 valence electrons. The van der Waals surface area contributed by atoms with Gasteiger partial charge in [0.15, 0.2) is 0 Å². The van der Waals surface area contributed by atoms with E-state index < -0.39 is 0 Å². The third-order valence-corrected chi connectivity index (χ3v) is 2.27. The normalized spacial score (nSPS) is 12.5. The minimum atomic E-state index is -0.297. The van der Waals surface area contributed by atoms with E-state index in [9.17, 15) is 0 Å². The van der Waals surface area contributed by atoms with Crippen molar-refractivity contribution in [1.82, 2.24) is 0 Å². The summed E-state index contributed by atoms with van der Waals surface area (Å²) in [6.07, 6.45) is 2.20. The second kappa shape index (κ2) is 6.43. The van der Waals surface area contributed by atoms with Crippen LogP contribution in [0.4, 0.5) is 0 Å². The Kier molecular flexibility index (Phi) is 5.15. The lowest BCUT2D eigenvalue weighted by Gasteiger charge is -2.10. The van der Waals surface area contributed by atoms with Crippen molar-refractivity contribution in [2.75, 3.05) is 13.2 Å². The smallest absolute Gasteiger partial charge is 0.119 e. The van der Waals surface area contributed by atoms with E-state index in [-0.39, 0.29) is 12.6 Å². The van der Waals surface area contributed by atoms with Crippen LogP contribution in [0, 0.1) is 0 Å². The van der Waals surface area contributed by atoms with Crippen LogP contribution in [0.3, 0.4) is 0 Å². The van der Waals surface area contributed by atoms with Gasteiger partial charge in [-0.2, -0.15) is 0 Å². The van der Waals surface area contributed by atoms with Crippen LogP contribution in [0.5, 0.6) is 5.75 Å². The summed E-state index contributed by atoms with van der Waals surface area (Å²) in [5, 5.41) is 8.87. The average Bonchev–Trinajstić information content (AvgIpc) is 2.29. The Morgan fingerprint density at radius 2 is 2.00 bits per heavy atom. The molecule has 0 aromatic heterocycles. The molecule has 3 nitrogen and oxygen atoms in total. The van der Waals surface area contributed by atoms with Gasteiger partial charge in [0.25, 0.3) is 0 Å². The summed E-state index contributed by atoms with van der Waals surface area (Å²) in [6.45, 7) is 2.85. The van der Waals surface area contributed by atoms with Crippen LogP contribution in [0.15, 0.2) is 24.3 Å². The molecule has 3 N–H and O–H groups in total. The fourth-order valence-corrected chi connectivity index (χ4v) is 1.25. The molecule has 0 radical (unpaired) electrons. The minimum Gasteiger partial charge on any atom is -0.494 e. The number of nitrogens with two attached hydrogens (primary N) is 1. The highest BCUT2D eigenvalue weighted by Gasteiger charge is 2.03. The van der Waals surface area contributed by atoms with Crippen LogP contribution in [-0.2, 0) is 0 Å². The number of hydrogen-bond acceptors (Lipinski definition) is 3. The van der Waals surface area contributed by atoms with Crippen molar-refractivity contribution in [3.05, 3.63) is 29.8 Å². The van der Waals surface area contributed by atoms with Crippen molar-refractivity contribution < 1.29 is 9.84 Å². The van der Waals surface area contributed by atoms with E-state index >= 15 is 0 Å². The van der Waals surface area contributed by atoms with Gasteiger partial charge in [-0.1, -0.05) is 25.5 Å². The van der Waals surface area contributed by atoms with E-state index in [1.165, 1.54) is 0 Å². The number of aliphatic hydroxyl groups excluding tert-OH is 1. The van der Waals surface area contributed by atoms with Gasteiger partial charge in [-0.25, -0.2) is 0 Å². The van der Waals surface area contributed by atoms with Crippen molar-refractivity contribution in [3.63, 3.8) is 0 Å². The van der Waals surface area contributed by atoms with Crippen LogP contribution in [0.25, 0.3) is 0 Å². The molecular weight excluding hydrogens is 190 g/mol. The van der Waals surface area contributed by atoms with Crippen LogP contribution >= 0.6 is 0 Å². The van der Waals surface area contributed by atoms with Gasteiger partial charge < -0.3 is 15.6 Å². The van der Waals surface area contributed by atoms with Gasteiger partial charge in [-0.3, -0.25) is 0 Å². The highest BCUT2D eigenvalue weighted by molar-refractivity contribution is 5.29. The Morgan fingerprint density at radius 3 is 2.53 bits per heavy atom. The predicted octanol–water partition coefficient (Wildman–Crippen LogP) is 1.86. The van der Waals surface area contributed by atoms with Gasteiger partial charge in [0.2, 0.25) is 0 Å². The maximum atomic E-state index is 8.87. The Bertz CT molecular complexity index is 271. The first-order valence-electron chi connectivity index (χ1n) is 5.37. The largest absolute Gasteiger partial charge is 0.494 e. The molecule has 0 spiro atoms. The quantitative estimate of drug-likeness (QED) is 0.703. The molecular formula is C12H19NO2. The van der Waals surface area contributed by atoms with E-state index in [0.29, 0.717) is 0 Å². The molecule has 3 heteroatoms. The van der Waals surface area contributed by atoms with Crippen molar-refractivity contribution in [3.8, 4) is 5.75 Å². The molecule has 1 aromatic carbocycles. The average molecular weight is 209 g/mol. The van der Waals surface area contributed by atoms with E-state index in [1.807, 2.05) is 24.3 Å². The molecule has 0 aliphatic carbocycles. The van der Waals surface area contributed by atoms with Gasteiger partial charge in [-0.05, 0) is 24.1 Å². The topological polar surface area (TPSA) is 55.5 Å². The molecule has 0 amide bonds. The molecule has 0 unspecified atom stereocenters. The second-order valence-electron chi connectivity index (χ2n) is 3.56. The van der Waals surface area contributed by atoms with Crippen LogP contribution in [-0.4, -0.2) is 18.3 Å². The van der Waals surface area contributed by atoms with Gasteiger partial charge in [0.1, 0.15) is 5.75 Å².